The molecule has 2 aromatic rings. The second kappa shape index (κ2) is 9.60. The third-order valence-electron chi connectivity index (χ3n) is 3.28. The zero-order chi connectivity index (χ0) is 15.9. The summed E-state index contributed by atoms with van der Waals surface area (Å²) in [6, 6.07) is 16.4. The maximum atomic E-state index is 11.9. The standard InChI is InChI=1S/C18H22N2OS.ClH/c1-13-12-16(22-15-6-4-3-5-7-15)9-10-17(13)20-18(21)11-8-14(2)19;/h3-7,9-10,12,14H,8,11,19H2,1-2H3,(H,20,21);1H. The third kappa shape index (κ3) is 6.65. The Balaban J connectivity index is 0.00000264. The van der Waals surface area contributed by atoms with Gasteiger partial charge < -0.3 is 11.1 Å². The number of carbonyl (C=O) groups is 1. The van der Waals surface area contributed by atoms with E-state index in [2.05, 4.69) is 23.5 Å². The minimum Gasteiger partial charge on any atom is -0.328 e. The number of carbonyl (C=O) groups excluding carboxylic acids is 1. The van der Waals surface area contributed by atoms with Crippen LogP contribution in [0.4, 0.5) is 5.69 Å². The van der Waals surface area contributed by atoms with Gasteiger partial charge in [0, 0.05) is 27.9 Å². The van der Waals surface area contributed by atoms with E-state index in [0.717, 1.165) is 16.1 Å². The molecule has 23 heavy (non-hydrogen) atoms. The highest BCUT2D eigenvalue weighted by Gasteiger charge is 2.07. The maximum Gasteiger partial charge on any atom is 0.224 e. The topological polar surface area (TPSA) is 55.1 Å². The number of hydrogen-bond donors (Lipinski definition) is 2. The average Bonchev–Trinajstić information content (AvgIpc) is 2.49. The molecule has 3 N–H and O–H groups in total. The van der Waals surface area contributed by atoms with Crippen molar-refractivity contribution in [2.45, 2.75) is 42.5 Å². The summed E-state index contributed by atoms with van der Waals surface area (Å²) in [5, 5.41) is 2.95. The highest BCUT2D eigenvalue weighted by Crippen LogP contribution is 2.30. The van der Waals surface area contributed by atoms with Gasteiger partial charge in [0.1, 0.15) is 0 Å². The highest BCUT2D eigenvalue weighted by atomic mass is 35.5. The Labute approximate surface area is 148 Å². The number of halogens is 1. The summed E-state index contributed by atoms with van der Waals surface area (Å²) in [4.78, 5) is 14.2. The van der Waals surface area contributed by atoms with Crippen molar-refractivity contribution < 1.29 is 4.79 Å². The number of anilines is 1. The fraction of sp³-hybridized carbons (Fsp3) is 0.278. The van der Waals surface area contributed by atoms with E-state index < -0.39 is 0 Å². The predicted octanol–water partition coefficient (Wildman–Crippen LogP) is 4.63. The summed E-state index contributed by atoms with van der Waals surface area (Å²) in [5.74, 6) is 0.0175. The van der Waals surface area contributed by atoms with Crippen LogP contribution < -0.4 is 11.1 Å². The van der Waals surface area contributed by atoms with Crippen LogP contribution in [0.15, 0.2) is 58.3 Å². The predicted molar refractivity (Wildman–Crippen MR) is 101 cm³/mol. The summed E-state index contributed by atoms with van der Waals surface area (Å²) in [5.41, 5.74) is 7.61. The Kier molecular flexibility index (Phi) is 8.17. The van der Waals surface area contributed by atoms with Crippen molar-refractivity contribution in [3.8, 4) is 0 Å². The summed E-state index contributed by atoms with van der Waals surface area (Å²) < 4.78 is 0. The molecule has 0 aromatic heterocycles. The highest BCUT2D eigenvalue weighted by molar-refractivity contribution is 7.99. The van der Waals surface area contributed by atoms with E-state index in [4.69, 9.17) is 5.73 Å². The molecular weight excluding hydrogens is 328 g/mol. The SMILES string of the molecule is Cc1cc(Sc2ccccc2)ccc1NC(=O)CCC(C)N.Cl. The maximum absolute atomic E-state index is 11.9. The Hall–Kier alpha value is -1.49. The van der Waals surface area contributed by atoms with E-state index in [1.165, 1.54) is 4.90 Å². The van der Waals surface area contributed by atoms with Crippen molar-refractivity contribution in [1.82, 2.24) is 0 Å². The van der Waals surface area contributed by atoms with Crippen molar-refractivity contribution in [1.29, 1.82) is 0 Å². The lowest BCUT2D eigenvalue weighted by molar-refractivity contribution is -0.116. The van der Waals surface area contributed by atoms with E-state index in [9.17, 15) is 4.79 Å². The molecule has 0 aliphatic heterocycles. The zero-order valence-electron chi connectivity index (χ0n) is 13.4. The molecule has 2 rings (SSSR count). The van der Waals surface area contributed by atoms with Crippen LogP contribution in [-0.4, -0.2) is 11.9 Å². The number of nitrogens with one attached hydrogen (secondary N) is 1. The van der Waals surface area contributed by atoms with Gasteiger partial charge in [-0.05, 0) is 56.2 Å². The molecule has 0 fully saturated rings. The first-order valence-electron chi connectivity index (χ1n) is 7.43. The number of hydrogen-bond acceptors (Lipinski definition) is 3. The Morgan fingerprint density at radius 3 is 2.48 bits per heavy atom. The molecule has 0 aliphatic rings. The monoisotopic (exact) mass is 350 g/mol. The molecule has 0 heterocycles. The van der Waals surface area contributed by atoms with E-state index in [1.54, 1.807) is 11.8 Å². The first-order valence-corrected chi connectivity index (χ1v) is 8.25. The van der Waals surface area contributed by atoms with Gasteiger partial charge in [0.25, 0.3) is 0 Å². The first-order chi connectivity index (χ1) is 10.5. The Bertz CT molecular complexity index is 632. The lowest BCUT2D eigenvalue weighted by Crippen LogP contribution is -2.19. The van der Waals surface area contributed by atoms with Gasteiger partial charge in [0.2, 0.25) is 5.91 Å². The fourth-order valence-electron chi connectivity index (χ4n) is 2.04. The molecular formula is C18H23ClN2OS. The van der Waals surface area contributed by atoms with E-state index in [1.807, 2.05) is 44.2 Å². The molecule has 0 aliphatic carbocycles. The van der Waals surface area contributed by atoms with Crippen molar-refractivity contribution in [3.05, 3.63) is 54.1 Å². The quantitative estimate of drug-likeness (QED) is 0.798. The lowest BCUT2D eigenvalue weighted by Gasteiger charge is -2.11. The zero-order valence-corrected chi connectivity index (χ0v) is 15.0. The van der Waals surface area contributed by atoms with Gasteiger partial charge in [-0.3, -0.25) is 4.79 Å². The number of benzene rings is 2. The number of amides is 1. The number of nitrogens with two attached hydrogens (primary N) is 1. The lowest BCUT2D eigenvalue weighted by atomic mass is 10.1. The second-order valence-corrected chi connectivity index (χ2v) is 6.60. The van der Waals surface area contributed by atoms with Crippen molar-refractivity contribution in [2.24, 2.45) is 5.73 Å². The van der Waals surface area contributed by atoms with Crippen LogP contribution in [0.3, 0.4) is 0 Å². The summed E-state index contributed by atoms with van der Waals surface area (Å²) in [6.07, 6.45) is 1.16. The third-order valence-corrected chi connectivity index (χ3v) is 4.28. The van der Waals surface area contributed by atoms with Gasteiger partial charge in [-0.2, -0.15) is 0 Å². The molecule has 0 saturated carbocycles. The minimum atomic E-state index is 0. The second-order valence-electron chi connectivity index (χ2n) is 5.46. The summed E-state index contributed by atoms with van der Waals surface area (Å²) in [6.45, 7) is 3.92. The number of rotatable bonds is 6. The number of aryl methyl sites for hydroxylation is 1. The summed E-state index contributed by atoms with van der Waals surface area (Å²) in [7, 11) is 0. The van der Waals surface area contributed by atoms with Crippen LogP contribution in [0.5, 0.6) is 0 Å². The van der Waals surface area contributed by atoms with Crippen molar-refractivity contribution >= 4 is 35.8 Å². The minimum absolute atomic E-state index is 0. The molecule has 1 unspecified atom stereocenters. The van der Waals surface area contributed by atoms with Crippen LogP contribution in [0.25, 0.3) is 0 Å². The van der Waals surface area contributed by atoms with Crippen molar-refractivity contribution in [2.75, 3.05) is 5.32 Å². The molecule has 3 nitrogen and oxygen atoms in total. The van der Waals surface area contributed by atoms with Gasteiger partial charge in [-0.1, -0.05) is 30.0 Å². The van der Waals surface area contributed by atoms with E-state index >= 15 is 0 Å². The van der Waals surface area contributed by atoms with Gasteiger partial charge in [-0.15, -0.1) is 12.4 Å². The molecule has 1 atom stereocenters. The van der Waals surface area contributed by atoms with Crippen LogP contribution in [0, 0.1) is 6.92 Å². The molecule has 0 saturated heterocycles. The molecule has 2 aromatic carbocycles. The molecule has 0 spiro atoms. The molecule has 124 valence electrons. The normalized spacial score (nSPS) is 11.4. The molecule has 5 heteroatoms. The Morgan fingerprint density at radius 1 is 1.17 bits per heavy atom. The van der Waals surface area contributed by atoms with E-state index in [0.29, 0.717) is 12.8 Å². The van der Waals surface area contributed by atoms with Crippen LogP contribution in [-0.2, 0) is 4.79 Å². The van der Waals surface area contributed by atoms with Gasteiger partial charge in [0.05, 0.1) is 0 Å². The smallest absolute Gasteiger partial charge is 0.224 e. The summed E-state index contributed by atoms with van der Waals surface area (Å²) >= 11 is 1.71. The van der Waals surface area contributed by atoms with E-state index in [-0.39, 0.29) is 24.4 Å². The van der Waals surface area contributed by atoms with Gasteiger partial charge >= 0.3 is 0 Å². The van der Waals surface area contributed by atoms with Crippen LogP contribution >= 0.6 is 24.2 Å². The fourth-order valence-corrected chi connectivity index (χ4v) is 2.97. The molecule has 1 amide bonds. The molecule has 0 radical (unpaired) electrons. The molecule has 0 bridgehead atoms. The van der Waals surface area contributed by atoms with Gasteiger partial charge in [0.15, 0.2) is 0 Å². The van der Waals surface area contributed by atoms with Crippen molar-refractivity contribution in [3.63, 3.8) is 0 Å². The average molecular weight is 351 g/mol. The van der Waals surface area contributed by atoms with Crippen LogP contribution in [0.1, 0.15) is 25.3 Å². The first kappa shape index (κ1) is 19.6. The van der Waals surface area contributed by atoms with Crippen LogP contribution in [0.2, 0.25) is 0 Å². The van der Waals surface area contributed by atoms with Gasteiger partial charge in [-0.25, -0.2) is 0 Å². The Morgan fingerprint density at radius 2 is 1.87 bits per heavy atom. The largest absolute Gasteiger partial charge is 0.328 e.